The molecule has 1 aliphatic rings. The van der Waals surface area contributed by atoms with Crippen LogP contribution in [0.25, 0.3) is 11.1 Å². The van der Waals surface area contributed by atoms with Gasteiger partial charge in [0.1, 0.15) is 0 Å². The predicted octanol–water partition coefficient (Wildman–Crippen LogP) is 3.80. The van der Waals surface area contributed by atoms with Crippen molar-refractivity contribution in [2.24, 2.45) is 0 Å². The van der Waals surface area contributed by atoms with Gasteiger partial charge in [-0.1, -0.05) is 36.4 Å². The summed E-state index contributed by atoms with van der Waals surface area (Å²) in [5.41, 5.74) is 4.14. The predicted molar refractivity (Wildman–Crippen MR) is 99.8 cm³/mol. The normalized spacial score (nSPS) is 16.7. The van der Waals surface area contributed by atoms with E-state index in [-0.39, 0.29) is 12.0 Å². The van der Waals surface area contributed by atoms with Gasteiger partial charge in [-0.15, -0.1) is 0 Å². The molecule has 0 aromatic heterocycles. The van der Waals surface area contributed by atoms with Crippen LogP contribution in [0, 0.1) is 6.92 Å². The Hall–Kier alpha value is -2.60. The fourth-order valence-corrected chi connectivity index (χ4v) is 3.76. The molecule has 1 heterocycles. The summed E-state index contributed by atoms with van der Waals surface area (Å²) in [6.45, 7) is 3.41. The molecule has 0 radical (unpaired) electrons. The van der Waals surface area contributed by atoms with E-state index < -0.39 is 9.84 Å². The molecule has 0 spiro atoms. The Bertz CT molecular complexity index is 962. The van der Waals surface area contributed by atoms with Gasteiger partial charge in [0.25, 0.3) is 0 Å². The molecule has 26 heavy (non-hydrogen) atoms. The second-order valence-electron chi connectivity index (χ2n) is 6.45. The zero-order chi connectivity index (χ0) is 18.9. The first kappa shape index (κ1) is 18.2. The van der Waals surface area contributed by atoms with Gasteiger partial charge in [-0.3, -0.25) is 4.79 Å². The number of aryl methyl sites for hydroxylation is 1. The lowest BCUT2D eigenvalue weighted by Gasteiger charge is -2.25. The third-order valence-electron chi connectivity index (χ3n) is 4.40. The molecule has 0 saturated heterocycles. The first-order chi connectivity index (χ1) is 12.3. The minimum atomic E-state index is -3.20. The van der Waals surface area contributed by atoms with Crippen LogP contribution in [0.1, 0.15) is 30.5 Å². The molecule has 0 amide bonds. The highest BCUT2D eigenvalue weighted by atomic mass is 32.2. The standard InChI is InChI=1S/C20H21NO4S/c1-14-13-17(16-6-9-18(10-7-16)26(3,23)24)8-11-19(14)20-5-4-12-21(20)25-15(2)22/h4,6-13,20H,5H2,1-3H3. The van der Waals surface area contributed by atoms with Crippen molar-refractivity contribution in [1.82, 2.24) is 5.06 Å². The summed E-state index contributed by atoms with van der Waals surface area (Å²) in [5, 5.41) is 1.59. The topological polar surface area (TPSA) is 63.7 Å². The maximum atomic E-state index is 11.6. The molecule has 0 saturated carbocycles. The van der Waals surface area contributed by atoms with Crippen molar-refractivity contribution in [3.63, 3.8) is 0 Å². The second-order valence-corrected chi connectivity index (χ2v) is 8.46. The summed E-state index contributed by atoms with van der Waals surface area (Å²) in [6.07, 6.45) is 5.73. The lowest BCUT2D eigenvalue weighted by Crippen LogP contribution is -2.23. The summed E-state index contributed by atoms with van der Waals surface area (Å²) in [7, 11) is -3.20. The molecule has 0 bridgehead atoms. The number of hydroxylamine groups is 2. The molecule has 2 aromatic carbocycles. The number of nitrogens with zero attached hydrogens (tertiary/aromatic N) is 1. The highest BCUT2D eigenvalue weighted by Crippen LogP contribution is 2.34. The number of hydrogen-bond donors (Lipinski definition) is 0. The largest absolute Gasteiger partial charge is 0.341 e. The number of carbonyl (C=O) groups is 1. The molecule has 0 N–H and O–H groups in total. The molecular weight excluding hydrogens is 350 g/mol. The summed E-state index contributed by atoms with van der Waals surface area (Å²) < 4.78 is 23.2. The van der Waals surface area contributed by atoms with E-state index in [1.807, 2.05) is 37.3 Å². The lowest BCUT2D eigenvalue weighted by atomic mass is 9.95. The van der Waals surface area contributed by atoms with Gasteiger partial charge < -0.3 is 4.84 Å². The third kappa shape index (κ3) is 3.80. The fourth-order valence-electron chi connectivity index (χ4n) is 3.13. The Balaban J connectivity index is 1.87. The fraction of sp³-hybridized carbons (Fsp3) is 0.250. The molecule has 136 valence electrons. The maximum absolute atomic E-state index is 11.6. The summed E-state index contributed by atoms with van der Waals surface area (Å²) in [5.74, 6) is -0.346. The lowest BCUT2D eigenvalue weighted by molar-refractivity contribution is -0.182. The van der Waals surface area contributed by atoms with Gasteiger partial charge in [0.05, 0.1) is 10.9 Å². The third-order valence-corrected chi connectivity index (χ3v) is 5.53. The molecule has 3 rings (SSSR count). The smallest absolute Gasteiger partial charge is 0.329 e. The van der Waals surface area contributed by atoms with E-state index in [9.17, 15) is 13.2 Å². The van der Waals surface area contributed by atoms with Gasteiger partial charge in [-0.05, 0) is 47.7 Å². The van der Waals surface area contributed by atoms with Crippen LogP contribution in [0.4, 0.5) is 0 Å². The SMILES string of the molecule is CC(=O)ON1C=CCC1c1ccc(-c2ccc(S(C)(=O)=O)cc2)cc1C. The molecule has 5 nitrogen and oxygen atoms in total. The quantitative estimate of drug-likeness (QED) is 0.818. The van der Waals surface area contributed by atoms with Crippen molar-refractivity contribution in [2.75, 3.05) is 6.26 Å². The number of rotatable bonds is 4. The average molecular weight is 371 g/mol. The zero-order valence-electron chi connectivity index (χ0n) is 15.0. The van der Waals surface area contributed by atoms with Crippen LogP contribution in [0.2, 0.25) is 0 Å². The van der Waals surface area contributed by atoms with E-state index in [0.29, 0.717) is 4.90 Å². The minimum Gasteiger partial charge on any atom is -0.341 e. The number of sulfone groups is 1. The van der Waals surface area contributed by atoms with Crippen LogP contribution in [0.3, 0.4) is 0 Å². The zero-order valence-corrected chi connectivity index (χ0v) is 15.8. The highest BCUT2D eigenvalue weighted by Gasteiger charge is 2.25. The van der Waals surface area contributed by atoms with Gasteiger partial charge in [0.2, 0.25) is 0 Å². The van der Waals surface area contributed by atoms with E-state index in [2.05, 4.69) is 6.07 Å². The van der Waals surface area contributed by atoms with Gasteiger partial charge >= 0.3 is 5.97 Å². The van der Waals surface area contributed by atoms with Crippen molar-refractivity contribution in [3.05, 3.63) is 65.9 Å². The second kappa shape index (κ2) is 6.96. The number of benzene rings is 2. The Labute approximate surface area is 153 Å². The van der Waals surface area contributed by atoms with Gasteiger partial charge in [-0.25, -0.2) is 13.5 Å². The van der Waals surface area contributed by atoms with Gasteiger partial charge in [-0.2, -0.15) is 0 Å². The molecule has 0 aliphatic carbocycles. The molecule has 1 unspecified atom stereocenters. The van der Waals surface area contributed by atoms with E-state index >= 15 is 0 Å². The first-order valence-electron chi connectivity index (χ1n) is 8.30. The van der Waals surface area contributed by atoms with Crippen molar-refractivity contribution < 1.29 is 18.0 Å². The van der Waals surface area contributed by atoms with Crippen molar-refractivity contribution in [1.29, 1.82) is 0 Å². The van der Waals surface area contributed by atoms with Crippen molar-refractivity contribution >= 4 is 15.8 Å². The molecule has 0 fully saturated rings. The van der Waals surface area contributed by atoms with Crippen molar-refractivity contribution in [3.8, 4) is 11.1 Å². The maximum Gasteiger partial charge on any atom is 0.329 e. The van der Waals surface area contributed by atoms with Crippen LogP contribution in [0.15, 0.2) is 59.6 Å². The molecule has 2 aromatic rings. The van der Waals surface area contributed by atoms with Gasteiger partial charge in [0, 0.05) is 19.4 Å². The number of hydrogen-bond acceptors (Lipinski definition) is 5. The minimum absolute atomic E-state index is 0.0273. The Morgan fingerprint density at radius 3 is 2.35 bits per heavy atom. The molecule has 1 aliphatic heterocycles. The van der Waals surface area contributed by atoms with E-state index in [0.717, 1.165) is 28.7 Å². The van der Waals surface area contributed by atoms with Crippen LogP contribution in [-0.4, -0.2) is 25.7 Å². The Morgan fingerprint density at radius 2 is 1.77 bits per heavy atom. The van der Waals surface area contributed by atoms with Crippen LogP contribution in [-0.2, 0) is 19.5 Å². The van der Waals surface area contributed by atoms with Gasteiger partial charge in [0.15, 0.2) is 9.84 Å². The summed E-state index contributed by atoms with van der Waals surface area (Å²) >= 11 is 0. The molecule has 6 heteroatoms. The first-order valence-corrected chi connectivity index (χ1v) is 10.2. The highest BCUT2D eigenvalue weighted by molar-refractivity contribution is 7.90. The van der Waals surface area contributed by atoms with E-state index in [4.69, 9.17) is 4.84 Å². The summed E-state index contributed by atoms with van der Waals surface area (Å²) in [6, 6.07) is 12.9. The Kier molecular flexibility index (Phi) is 4.87. The Morgan fingerprint density at radius 1 is 1.12 bits per heavy atom. The van der Waals surface area contributed by atoms with Crippen LogP contribution < -0.4 is 0 Å². The average Bonchev–Trinajstić information content (AvgIpc) is 3.01. The van der Waals surface area contributed by atoms with Crippen molar-refractivity contribution in [2.45, 2.75) is 31.2 Å². The monoisotopic (exact) mass is 371 g/mol. The molecular formula is C20H21NO4S. The van der Waals surface area contributed by atoms with E-state index in [1.165, 1.54) is 13.2 Å². The molecule has 1 atom stereocenters. The number of carbonyl (C=O) groups excluding carboxylic acids is 1. The van der Waals surface area contributed by atoms with Crippen LogP contribution in [0.5, 0.6) is 0 Å². The summed E-state index contributed by atoms with van der Waals surface area (Å²) in [4.78, 5) is 16.8. The van der Waals surface area contributed by atoms with Crippen LogP contribution >= 0.6 is 0 Å². The van der Waals surface area contributed by atoms with E-state index in [1.54, 1.807) is 23.4 Å².